The summed E-state index contributed by atoms with van der Waals surface area (Å²) >= 11 is 10.3. The van der Waals surface area contributed by atoms with Gasteiger partial charge in [0.05, 0.1) is 6.61 Å². The maximum atomic E-state index is 10.5. The molecule has 58 valence electrons. The molecule has 0 atom stereocenters. The Hall–Kier alpha value is -0.250. The summed E-state index contributed by atoms with van der Waals surface area (Å²) in [6, 6.07) is 0. The third kappa shape index (κ3) is 3.71. The highest BCUT2D eigenvalue weighted by atomic mass is 35.5. The fraction of sp³-hybridized carbons (Fsp3) is 0.400. The van der Waals surface area contributed by atoms with Gasteiger partial charge in [0.2, 0.25) is 0 Å². The van der Waals surface area contributed by atoms with Crippen molar-refractivity contribution in [3.63, 3.8) is 0 Å². The second-order valence-corrected chi connectivity index (χ2v) is 1.94. The molecule has 0 aromatic rings. The lowest BCUT2D eigenvalue weighted by molar-refractivity contribution is -0.139. The molecule has 0 spiro atoms. The minimum atomic E-state index is -0.731. The second-order valence-electron chi connectivity index (χ2n) is 1.32. The van der Waals surface area contributed by atoms with Crippen LogP contribution in [0.3, 0.4) is 0 Å². The van der Waals surface area contributed by atoms with Crippen LogP contribution in [-0.4, -0.2) is 24.3 Å². The maximum Gasteiger partial charge on any atom is 0.350 e. The van der Waals surface area contributed by atoms with E-state index in [2.05, 4.69) is 4.74 Å². The third-order valence-electron chi connectivity index (χ3n) is 0.615. The average Bonchev–Trinajstić information content (AvgIpc) is 1.98. The Labute approximate surface area is 68.2 Å². The van der Waals surface area contributed by atoms with Gasteiger partial charge in [0.25, 0.3) is 0 Å². The van der Waals surface area contributed by atoms with E-state index < -0.39 is 5.97 Å². The first-order valence-electron chi connectivity index (χ1n) is 2.46. The van der Waals surface area contributed by atoms with E-state index in [1.807, 2.05) is 0 Å². The quantitative estimate of drug-likeness (QED) is 0.523. The summed E-state index contributed by atoms with van der Waals surface area (Å²) < 4.78 is 4.37. The average molecular weight is 185 g/mol. The highest BCUT2D eigenvalue weighted by molar-refractivity contribution is 6.45. The van der Waals surface area contributed by atoms with Crippen LogP contribution in [0.15, 0.2) is 10.6 Å². The van der Waals surface area contributed by atoms with Crippen molar-refractivity contribution in [2.24, 2.45) is 0 Å². The molecule has 0 fully saturated rings. The van der Waals surface area contributed by atoms with E-state index >= 15 is 0 Å². The predicted octanol–water partition coefficient (Wildman–Crippen LogP) is 0.841. The van der Waals surface area contributed by atoms with Crippen molar-refractivity contribution in [2.75, 3.05) is 13.2 Å². The summed E-state index contributed by atoms with van der Waals surface area (Å²) in [5, 5.41) is 8.00. The molecule has 0 heterocycles. The summed E-state index contributed by atoms with van der Waals surface area (Å²) in [6.45, 7) is -0.294. The highest BCUT2D eigenvalue weighted by Crippen LogP contribution is 2.04. The second kappa shape index (κ2) is 5.53. The van der Waals surface area contributed by atoms with Gasteiger partial charge in [-0.15, -0.1) is 0 Å². The van der Waals surface area contributed by atoms with E-state index in [1.165, 1.54) is 0 Å². The molecule has 0 radical (unpaired) electrons. The molecule has 0 aromatic heterocycles. The third-order valence-corrected chi connectivity index (χ3v) is 1.21. The van der Waals surface area contributed by atoms with Crippen LogP contribution >= 0.6 is 23.2 Å². The van der Waals surface area contributed by atoms with E-state index in [1.54, 1.807) is 0 Å². The number of rotatable bonds is 3. The first-order chi connectivity index (χ1) is 4.72. The lowest BCUT2D eigenvalue weighted by Gasteiger charge is -1.98. The van der Waals surface area contributed by atoms with Crippen molar-refractivity contribution in [3.8, 4) is 0 Å². The lowest BCUT2D eigenvalue weighted by atomic mass is 10.6. The zero-order valence-electron chi connectivity index (χ0n) is 5.01. The maximum absolute atomic E-state index is 10.5. The number of hydrogen-bond acceptors (Lipinski definition) is 3. The van der Waals surface area contributed by atoms with Crippen molar-refractivity contribution in [1.29, 1.82) is 0 Å². The van der Waals surface area contributed by atoms with Gasteiger partial charge < -0.3 is 9.84 Å². The van der Waals surface area contributed by atoms with Gasteiger partial charge in [-0.25, -0.2) is 4.79 Å². The standard InChI is InChI=1S/C5H6Cl2O3/c6-3-4(7)5(9)10-2-1-8/h3,8H,1-2H2. The summed E-state index contributed by atoms with van der Waals surface area (Å²) in [5.41, 5.74) is 0.904. The van der Waals surface area contributed by atoms with Gasteiger partial charge in [0.1, 0.15) is 11.6 Å². The monoisotopic (exact) mass is 184 g/mol. The number of aliphatic hydroxyl groups excluding tert-OH is 1. The van der Waals surface area contributed by atoms with Crippen molar-refractivity contribution in [3.05, 3.63) is 10.6 Å². The van der Waals surface area contributed by atoms with Crippen LogP contribution in [0.5, 0.6) is 0 Å². The molecular formula is C5H6Cl2O3. The Kier molecular flexibility index (Phi) is 5.39. The van der Waals surface area contributed by atoms with Crippen molar-refractivity contribution in [2.45, 2.75) is 0 Å². The predicted molar refractivity (Wildman–Crippen MR) is 37.8 cm³/mol. The van der Waals surface area contributed by atoms with Crippen molar-refractivity contribution < 1.29 is 14.6 Å². The molecule has 0 saturated carbocycles. The number of hydrogen-bond donors (Lipinski definition) is 1. The van der Waals surface area contributed by atoms with Crippen LogP contribution in [0, 0.1) is 0 Å². The fourth-order valence-corrected chi connectivity index (χ4v) is 0.395. The van der Waals surface area contributed by atoms with Crippen LogP contribution in [0.1, 0.15) is 0 Å². The van der Waals surface area contributed by atoms with Crippen LogP contribution < -0.4 is 0 Å². The van der Waals surface area contributed by atoms with E-state index in [0.29, 0.717) is 0 Å². The van der Waals surface area contributed by atoms with Crippen LogP contribution in [0.25, 0.3) is 0 Å². The van der Waals surface area contributed by atoms with Crippen LogP contribution in [0.4, 0.5) is 0 Å². The molecule has 5 heteroatoms. The number of carbonyl (C=O) groups is 1. The van der Waals surface area contributed by atoms with Gasteiger partial charge in [0, 0.05) is 5.54 Å². The van der Waals surface area contributed by atoms with E-state index in [-0.39, 0.29) is 18.2 Å². The molecule has 0 saturated heterocycles. The molecular weight excluding hydrogens is 179 g/mol. The number of ether oxygens (including phenoxy) is 1. The number of aliphatic hydroxyl groups is 1. The van der Waals surface area contributed by atoms with Gasteiger partial charge in [-0.2, -0.15) is 0 Å². The van der Waals surface area contributed by atoms with Crippen LogP contribution in [-0.2, 0) is 9.53 Å². The normalized spacial score (nSPS) is 11.3. The Bertz CT molecular complexity index is 144. The SMILES string of the molecule is O=C(OCCO)C(Cl)=CCl. The molecule has 1 N–H and O–H groups in total. The number of halogens is 2. The molecule has 10 heavy (non-hydrogen) atoms. The minimum Gasteiger partial charge on any atom is -0.459 e. The van der Waals surface area contributed by atoms with Gasteiger partial charge in [-0.05, 0) is 0 Å². The molecule has 0 aliphatic carbocycles. The summed E-state index contributed by atoms with van der Waals surface area (Å²) in [5.74, 6) is -0.731. The Morgan fingerprint density at radius 2 is 2.30 bits per heavy atom. The minimum absolute atomic E-state index is 0.0697. The summed E-state index contributed by atoms with van der Waals surface area (Å²) in [6.07, 6.45) is 0. The smallest absolute Gasteiger partial charge is 0.350 e. The van der Waals surface area contributed by atoms with E-state index in [0.717, 1.165) is 5.54 Å². The van der Waals surface area contributed by atoms with Gasteiger partial charge in [-0.1, -0.05) is 23.2 Å². The zero-order chi connectivity index (χ0) is 7.98. The van der Waals surface area contributed by atoms with E-state index in [9.17, 15) is 4.79 Å². The highest BCUT2D eigenvalue weighted by Gasteiger charge is 2.05. The van der Waals surface area contributed by atoms with E-state index in [4.69, 9.17) is 28.3 Å². The lowest BCUT2D eigenvalue weighted by Crippen LogP contribution is -2.07. The van der Waals surface area contributed by atoms with Gasteiger partial charge >= 0.3 is 5.97 Å². The first kappa shape index (κ1) is 9.75. The van der Waals surface area contributed by atoms with Gasteiger partial charge in [-0.3, -0.25) is 0 Å². The molecule has 0 bridgehead atoms. The summed E-state index contributed by atoms with van der Waals surface area (Å²) in [4.78, 5) is 10.5. The van der Waals surface area contributed by atoms with Crippen molar-refractivity contribution in [1.82, 2.24) is 0 Å². The Morgan fingerprint density at radius 1 is 1.70 bits per heavy atom. The van der Waals surface area contributed by atoms with Gasteiger partial charge in [0.15, 0.2) is 0 Å². The first-order valence-corrected chi connectivity index (χ1v) is 3.27. The molecule has 0 amide bonds. The topological polar surface area (TPSA) is 46.5 Å². The molecule has 0 aliphatic rings. The molecule has 0 aromatic carbocycles. The largest absolute Gasteiger partial charge is 0.459 e. The number of esters is 1. The van der Waals surface area contributed by atoms with Crippen molar-refractivity contribution >= 4 is 29.2 Å². The molecule has 0 unspecified atom stereocenters. The Balaban J connectivity index is 3.63. The summed E-state index contributed by atoms with van der Waals surface area (Å²) in [7, 11) is 0. The molecule has 3 nitrogen and oxygen atoms in total. The Morgan fingerprint density at radius 3 is 2.70 bits per heavy atom. The fourth-order valence-electron chi connectivity index (χ4n) is 0.252. The molecule has 0 aliphatic heterocycles. The zero-order valence-corrected chi connectivity index (χ0v) is 6.52. The number of carbonyl (C=O) groups excluding carboxylic acids is 1. The van der Waals surface area contributed by atoms with Crippen LogP contribution in [0.2, 0.25) is 0 Å². The molecule has 0 rings (SSSR count).